The maximum absolute atomic E-state index is 2.95. The summed E-state index contributed by atoms with van der Waals surface area (Å²) in [6.07, 6.45) is 0. The van der Waals surface area contributed by atoms with Gasteiger partial charge in [0.25, 0.3) is 0 Å². The molecule has 0 fully saturated rings. The molecule has 0 bridgehead atoms. The minimum absolute atomic E-state index is 0.00567. The molecule has 0 N–H and O–H groups in total. The second-order valence-electron chi connectivity index (χ2n) is 22.6. The lowest BCUT2D eigenvalue weighted by atomic mass is 9.82. The third kappa shape index (κ3) is 6.16. The number of hydrogen-bond donors (Lipinski definition) is 0. The zero-order chi connectivity index (χ0) is 45.4. The van der Waals surface area contributed by atoms with Crippen LogP contribution in [0.2, 0.25) is 0 Å². The molecule has 1 aliphatic carbocycles. The molecule has 11 rings (SSSR count). The van der Waals surface area contributed by atoms with Gasteiger partial charge in [0, 0.05) is 22.4 Å². The topological polar surface area (TPSA) is 3.24 Å². The Hall–Kier alpha value is -6.22. The van der Waals surface area contributed by atoms with Crippen molar-refractivity contribution < 1.29 is 0 Å². The highest BCUT2D eigenvalue weighted by molar-refractivity contribution is 7.24. The lowest BCUT2D eigenvalue weighted by Gasteiger charge is -2.33. The molecule has 1 spiro atoms. The van der Waals surface area contributed by atoms with Crippen LogP contribution in [0.15, 0.2) is 170 Å². The number of hydrogen-bond acceptors (Lipinski definition) is 1. The van der Waals surface area contributed by atoms with Crippen molar-refractivity contribution in [2.45, 2.75) is 97.8 Å². The molecular weight excluding hydrogens is 799 g/mol. The van der Waals surface area contributed by atoms with Crippen molar-refractivity contribution in [3.63, 3.8) is 0 Å². The summed E-state index contributed by atoms with van der Waals surface area (Å²) in [5.74, 6) is 0. The SMILES string of the molecule is CC(C)(C)c1ccc2c(c1)[Si]1(c3cc(N(c4ccc5c(c4)C(C)(C)c4ccccc4-5)c4ccccc4-c4ccccc4)ccc3-2)c2cc(C(C)(C)C)ccc2-c2ccc(C(C)(C)C)cc21. The number of nitrogens with zero attached hydrogens (tertiary/aromatic N) is 1. The van der Waals surface area contributed by atoms with E-state index in [2.05, 4.69) is 251 Å². The Balaban J connectivity index is 1.24. The van der Waals surface area contributed by atoms with Crippen LogP contribution in [0.25, 0.3) is 44.5 Å². The van der Waals surface area contributed by atoms with Gasteiger partial charge in [-0.25, -0.2) is 0 Å². The van der Waals surface area contributed by atoms with Crippen LogP contribution in [0, 0.1) is 0 Å². The molecule has 0 amide bonds. The van der Waals surface area contributed by atoms with E-state index in [-0.39, 0.29) is 21.7 Å². The van der Waals surface area contributed by atoms with Crippen LogP contribution in [-0.4, -0.2) is 8.07 Å². The van der Waals surface area contributed by atoms with Gasteiger partial charge in [0.2, 0.25) is 0 Å². The lowest BCUT2D eigenvalue weighted by Crippen LogP contribution is -2.71. The molecule has 1 nitrogen and oxygen atoms in total. The monoisotopic (exact) mass is 859 g/mol. The summed E-state index contributed by atoms with van der Waals surface area (Å²) in [5, 5.41) is 6.08. The first-order valence-electron chi connectivity index (χ1n) is 23.7. The summed E-state index contributed by atoms with van der Waals surface area (Å²) >= 11 is 0. The highest BCUT2D eigenvalue weighted by Crippen LogP contribution is 2.52. The molecule has 8 aromatic rings. The van der Waals surface area contributed by atoms with Crippen molar-refractivity contribution in [1.82, 2.24) is 0 Å². The van der Waals surface area contributed by atoms with E-state index in [0.29, 0.717) is 0 Å². The number of para-hydroxylation sites is 1. The average molecular weight is 860 g/mol. The number of anilines is 3. The van der Waals surface area contributed by atoms with E-state index in [9.17, 15) is 0 Å². The van der Waals surface area contributed by atoms with E-state index in [1.54, 1.807) is 0 Å². The average Bonchev–Trinajstić information content (AvgIpc) is 3.83. The fourth-order valence-corrected chi connectivity index (χ4v) is 17.3. The predicted molar refractivity (Wildman–Crippen MR) is 282 cm³/mol. The molecule has 0 atom stereocenters. The second kappa shape index (κ2) is 14.1. The largest absolute Gasteiger partial charge is 0.310 e. The van der Waals surface area contributed by atoms with Crippen LogP contribution >= 0.6 is 0 Å². The van der Waals surface area contributed by atoms with Gasteiger partial charge in [-0.2, -0.15) is 0 Å². The molecule has 8 aromatic carbocycles. The molecule has 0 aromatic heterocycles. The number of benzene rings is 8. The third-order valence-electron chi connectivity index (χ3n) is 15.2. The van der Waals surface area contributed by atoms with Crippen LogP contribution in [-0.2, 0) is 21.7 Å². The van der Waals surface area contributed by atoms with E-state index >= 15 is 0 Å². The maximum atomic E-state index is 2.64. The fraction of sp³-hybridized carbons (Fsp3) is 0.238. The summed E-state index contributed by atoms with van der Waals surface area (Å²) in [7, 11) is -2.95. The van der Waals surface area contributed by atoms with Gasteiger partial charge < -0.3 is 4.90 Å². The summed E-state index contributed by atoms with van der Waals surface area (Å²) < 4.78 is 0. The zero-order valence-corrected chi connectivity index (χ0v) is 41.1. The third-order valence-corrected chi connectivity index (χ3v) is 20.1. The van der Waals surface area contributed by atoms with Crippen molar-refractivity contribution in [3.8, 4) is 44.5 Å². The first-order chi connectivity index (χ1) is 30.9. The van der Waals surface area contributed by atoms with Gasteiger partial charge in [-0.1, -0.05) is 216 Å². The van der Waals surface area contributed by atoms with Gasteiger partial charge in [0.15, 0.2) is 8.07 Å². The molecule has 2 heterocycles. The van der Waals surface area contributed by atoms with Crippen LogP contribution in [0.3, 0.4) is 0 Å². The quantitative estimate of drug-likeness (QED) is 0.159. The highest BCUT2D eigenvalue weighted by atomic mass is 28.3. The van der Waals surface area contributed by atoms with Crippen molar-refractivity contribution in [1.29, 1.82) is 0 Å². The normalized spacial score (nSPS) is 14.9. The van der Waals surface area contributed by atoms with Gasteiger partial charge in [-0.3, -0.25) is 0 Å². The summed E-state index contributed by atoms with van der Waals surface area (Å²) in [6.45, 7) is 26.1. The van der Waals surface area contributed by atoms with Crippen molar-refractivity contribution in [2.75, 3.05) is 4.90 Å². The van der Waals surface area contributed by atoms with E-state index < -0.39 is 8.07 Å². The van der Waals surface area contributed by atoms with Crippen molar-refractivity contribution in [3.05, 3.63) is 198 Å². The summed E-state index contributed by atoms with van der Waals surface area (Å²) in [5.41, 5.74) is 21.0. The number of rotatable bonds is 4. The predicted octanol–water partition coefficient (Wildman–Crippen LogP) is 14.4. The van der Waals surface area contributed by atoms with Crippen LogP contribution in [0.1, 0.15) is 104 Å². The molecule has 0 saturated carbocycles. The van der Waals surface area contributed by atoms with E-state index in [0.717, 1.165) is 0 Å². The molecule has 2 heteroatoms. The molecule has 0 unspecified atom stereocenters. The Labute approximate surface area is 388 Å². The Morgan fingerprint density at radius 3 is 1.28 bits per heavy atom. The Kier molecular flexibility index (Phi) is 9.02. The molecule has 3 aliphatic rings. The van der Waals surface area contributed by atoms with Gasteiger partial charge in [0.05, 0.1) is 5.69 Å². The van der Waals surface area contributed by atoms with Crippen molar-refractivity contribution in [2.24, 2.45) is 0 Å². The molecule has 0 saturated heterocycles. The second-order valence-corrected chi connectivity index (χ2v) is 26.3. The van der Waals surface area contributed by atoms with Crippen molar-refractivity contribution >= 4 is 45.9 Å². The van der Waals surface area contributed by atoms with Gasteiger partial charge in [0.1, 0.15) is 0 Å². The molecular formula is C63H61NSi. The van der Waals surface area contributed by atoms with Gasteiger partial charge in [-0.05, 0) is 134 Å². The molecule has 0 radical (unpaired) electrons. The van der Waals surface area contributed by atoms with Crippen LogP contribution in [0.5, 0.6) is 0 Å². The Bertz CT molecular complexity index is 3130. The fourth-order valence-electron chi connectivity index (χ4n) is 11.5. The van der Waals surface area contributed by atoms with E-state index in [1.807, 2.05) is 0 Å². The minimum atomic E-state index is -2.95. The van der Waals surface area contributed by atoms with E-state index in [4.69, 9.17) is 0 Å². The van der Waals surface area contributed by atoms with Gasteiger partial charge >= 0.3 is 0 Å². The van der Waals surface area contributed by atoms with Gasteiger partial charge in [-0.15, -0.1) is 0 Å². The van der Waals surface area contributed by atoms with Crippen LogP contribution < -0.4 is 25.6 Å². The highest BCUT2D eigenvalue weighted by Gasteiger charge is 2.55. The minimum Gasteiger partial charge on any atom is -0.310 e. The molecule has 322 valence electrons. The Morgan fingerprint density at radius 1 is 0.354 bits per heavy atom. The Morgan fingerprint density at radius 2 is 0.754 bits per heavy atom. The zero-order valence-electron chi connectivity index (χ0n) is 40.1. The smallest absolute Gasteiger partial charge is 0.182 e. The molecule has 65 heavy (non-hydrogen) atoms. The van der Waals surface area contributed by atoms with Crippen LogP contribution in [0.4, 0.5) is 17.1 Å². The first kappa shape index (κ1) is 41.5. The first-order valence-corrected chi connectivity index (χ1v) is 25.7. The standard InChI is InChI=1S/C63H61NSi/c1-60(2,3)41-25-30-49-50-31-26-42(61(4,5)6)36-57(50)65(56(49)35-41)58-37-43(62(7,8)9)27-32-51(58)52-34-29-45(39-59(52)65)64(55-24-18-16-21-46(55)40-19-13-12-14-20-40)44-28-33-48-47-22-15-17-23-53(47)63(10,11)54(48)38-44/h12-39H,1-11H3. The molecule has 2 aliphatic heterocycles. The number of fused-ring (bicyclic) bond motifs is 13. The lowest BCUT2D eigenvalue weighted by molar-refractivity contribution is 0.590. The summed E-state index contributed by atoms with van der Waals surface area (Å²) in [6, 6.07) is 66.2. The van der Waals surface area contributed by atoms with E-state index in [1.165, 1.54) is 110 Å². The summed E-state index contributed by atoms with van der Waals surface area (Å²) in [4.78, 5) is 2.57. The maximum Gasteiger partial charge on any atom is 0.182 e.